The van der Waals surface area contributed by atoms with E-state index in [2.05, 4.69) is 5.32 Å². The summed E-state index contributed by atoms with van der Waals surface area (Å²) in [6, 6.07) is 0.348. The Morgan fingerprint density at radius 2 is 1.87 bits per heavy atom. The molecular weight excluding hydrogens is 212 g/mol. The van der Waals surface area contributed by atoms with Gasteiger partial charge in [0, 0.05) is 25.3 Å². The van der Waals surface area contributed by atoms with Gasteiger partial charge in [0.1, 0.15) is 0 Å². The normalized spacial score (nSPS) is 12.8. The van der Waals surface area contributed by atoms with Crippen LogP contribution in [0.3, 0.4) is 0 Å². The first-order valence-corrected chi connectivity index (χ1v) is 7.19. The summed E-state index contributed by atoms with van der Waals surface area (Å²) in [6.07, 6.45) is 0.840. The highest BCUT2D eigenvalue weighted by molar-refractivity contribution is 6.44. The van der Waals surface area contributed by atoms with Gasteiger partial charge in [-0.1, -0.05) is 6.92 Å². The van der Waals surface area contributed by atoms with Gasteiger partial charge < -0.3 is 19.9 Å². The smallest absolute Gasteiger partial charge is 0.323 e. The first-order valence-electron chi connectivity index (χ1n) is 5.43. The van der Waals surface area contributed by atoms with Crippen molar-refractivity contribution in [2.75, 3.05) is 13.2 Å². The largest absolute Gasteiger partial charge is 0.397 e. The van der Waals surface area contributed by atoms with Crippen LogP contribution in [0.1, 0.15) is 27.2 Å². The molecule has 6 heteroatoms. The fourth-order valence-corrected chi connectivity index (χ4v) is 3.34. The number of carbonyl (C=O) groups is 1. The molecule has 0 aromatic rings. The Kier molecular flexibility index (Phi) is 8.35. The molecule has 0 saturated heterocycles. The Bertz CT molecular complexity index is 175. The number of nitrogens with two attached hydrogens (primary N) is 1. The first kappa shape index (κ1) is 14.4. The van der Waals surface area contributed by atoms with E-state index in [1.807, 2.05) is 20.8 Å². The second-order valence-corrected chi connectivity index (χ2v) is 5.19. The monoisotopic (exact) mass is 234 g/mol. The van der Waals surface area contributed by atoms with Gasteiger partial charge in [0.05, 0.1) is 0 Å². The zero-order chi connectivity index (χ0) is 11.7. The lowest BCUT2D eigenvalue weighted by atomic mass is 10.3. The second kappa shape index (κ2) is 8.69. The highest BCUT2D eigenvalue weighted by Gasteiger charge is 2.19. The molecule has 0 aliphatic carbocycles. The Hall–Kier alpha value is -0.593. The minimum absolute atomic E-state index is 0.0669. The number of hydrogen-bond acceptors (Lipinski definition) is 3. The second-order valence-electron chi connectivity index (χ2n) is 3.19. The minimum Gasteiger partial charge on any atom is -0.397 e. The van der Waals surface area contributed by atoms with Crippen LogP contribution in [0.15, 0.2) is 0 Å². The topological polar surface area (TPSA) is 73.6 Å². The van der Waals surface area contributed by atoms with Crippen LogP contribution in [0, 0.1) is 0 Å². The van der Waals surface area contributed by atoms with Crippen LogP contribution >= 0.6 is 0 Å². The van der Waals surface area contributed by atoms with E-state index in [-0.39, 0.29) is 6.04 Å². The molecule has 0 aromatic heterocycles. The molecule has 0 aliphatic rings. The Morgan fingerprint density at radius 3 is 2.20 bits per heavy atom. The summed E-state index contributed by atoms with van der Waals surface area (Å²) in [6.45, 7) is 7.21. The van der Waals surface area contributed by atoms with Gasteiger partial charge in [-0.05, 0) is 20.3 Å². The van der Waals surface area contributed by atoms with Crippen LogP contribution in [0.5, 0.6) is 0 Å². The van der Waals surface area contributed by atoms with Gasteiger partial charge in [0.15, 0.2) is 0 Å². The number of nitrogens with one attached hydrogen (secondary N) is 1. The highest BCUT2D eigenvalue weighted by atomic mass is 28.3. The molecule has 0 aromatic carbocycles. The minimum atomic E-state index is -1.64. The summed E-state index contributed by atoms with van der Waals surface area (Å²) >= 11 is 0. The van der Waals surface area contributed by atoms with Crippen molar-refractivity contribution < 1.29 is 13.6 Å². The standard InChI is InChI=1S/C9H22N2O3Si/c1-4-8(11-9(10)12)7-15(13-5-2)14-6-3/h8,15H,4-7H2,1-3H3,(H3,10,11,12). The molecule has 0 aliphatic heterocycles. The quantitative estimate of drug-likeness (QED) is 0.608. The third kappa shape index (κ3) is 7.35. The van der Waals surface area contributed by atoms with Gasteiger partial charge in [-0.15, -0.1) is 0 Å². The van der Waals surface area contributed by atoms with E-state index in [0.29, 0.717) is 13.2 Å². The van der Waals surface area contributed by atoms with E-state index < -0.39 is 15.3 Å². The number of carbonyl (C=O) groups excluding carboxylic acids is 1. The average Bonchev–Trinajstić information content (AvgIpc) is 2.16. The molecular formula is C9H22N2O3Si. The Morgan fingerprint density at radius 1 is 1.33 bits per heavy atom. The molecule has 5 nitrogen and oxygen atoms in total. The summed E-state index contributed by atoms with van der Waals surface area (Å²) in [4.78, 5) is 10.7. The molecule has 0 heterocycles. The molecule has 0 fully saturated rings. The van der Waals surface area contributed by atoms with Crippen LogP contribution in [0.25, 0.3) is 0 Å². The maximum atomic E-state index is 10.7. The van der Waals surface area contributed by atoms with E-state index in [4.69, 9.17) is 14.6 Å². The van der Waals surface area contributed by atoms with Crippen LogP contribution in [0.2, 0.25) is 6.04 Å². The predicted molar refractivity (Wildman–Crippen MR) is 62.0 cm³/mol. The number of rotatable bonds is 8. The van der Waals surface area contributed by atoms with Crippen molar-refractivity contribution in [1.29, 1.82) is 0 Å². The van der Waals surface area contributed by atoms with E-state index >= 15 is 0 Å². The van der Waals surface area contributed by atoms with Crippen molar-refractivity contribution in [2.24, 2.45) is 5.73 Å². The van der Waals surface area contributed by atoms with Crippen LogP contribution in [-0.4, -0.2) is 34.6 Å². The fourth-order valence-electron chi connectivity index (χ4n) is 1.32. The van der Waals surface area contributed by atoms with Crippen molar-refractivity contribution in [2.45, 2.75) is 39.3 Å². The van der Waals surface area contributed by atoms with E-state index in [0.717, 1.165) is 12.5 Å². The van der Waals surface area contributed by atoms with Gasteiger partial charge in [-0.2, -0.15) is 0 Å². The first-order chi connectivity index (χ1) is 7.13. The summed E-state index contributed by atoms with van der Waals surface area (Å²) in [5.74, 6) is 0. The van der Waals surface area contributed by atoms with Crippen LogP contribution in [-0.2, 0) is 8.85 Å². The molecule has 2 amide bonds. The summed E-state index contributed by atoms with van der Waals surface area (Å²) in [5.41, 5.74) is 5.08. The van der Waals surface area contributed by atoms with Gasteiger partial charge in [0.2, 0.25) is 0 Å². The van der Waals surface area contributed by atoms with Gasteiger partial charge in [0.25, 0.3) is 0 Å². The number of urea groups is 1. The summed E-state index contributed by atoms with van der Waals surface area (Å²) in [7, 11) is -1.64. The SMILES string of the molecule is CCO[SiH](CC(CC)NC(N)=O)OCC. The molecule has 90 valence electrons. The number of hydrogen-bond donors (Lipinski definition) is 2. The lowest BCUT2D eigenvalue weighted by molar-refractivity contribution is 0.208. The molecule has 15 heavy (non-hydrogen) atoms. The van der Waals surface area contributed by atoms with Crippen molar-refractivity contribution >= 4 is 15.3 Å². The molecule has 0 radical (unpaired) electrons. The summed E-state index contributed by atoms with van der Waals surface area (Å²) < 4.78 is 11.0. The van der Waals surface area contributed by atoms with Crippen LogP contribution in [0.4, 0.5) is 4.79 Å². The molecule has 3 N–H and O–H groups in total. The Balaban J connectivity index is 4.02. The molecule has 0 rings (SSSR count). The Labute approximate surface area is 93.2 Å². The zero-order valence-electron chi connectivity index (χ0n) is 9.79. The van der Waals surface area contributed by atoms with Crippen LogP contribution < -0.4 is 11.1 Å². The van der Waals surface area contributed by atoms with E-state index in [9.17, 15) is 4.79 Å². The summed E-state index contributed by atoms with van der Waals surface area (Å²) in [5, 5.41) is 2.69. The zero-order valence-corrected chi connectivity index (χ0v) is 10.9. The lowest BCUT2D eigenvalue weighted by Gasteiger charge is -2.21. The average molecular weight is 234 g/mol. The van der Waals surface area contributed by atoms with Crippen molar-refractivity contribution in [3.05, 3.63) is 0 Å². The number of amides is 2. The van der Waals surface area contributed by atoms with E-state index in [1.54, 1.807) is 0 Å². The van der Waals surface area contributed by atoms with Gasteiger partial charge >= 0.3 is 15.3 Å². The third-order valence-corrected chi connectivity index (χ3v) is 4.39. The number of primary amides is 1. The van der Waals surface area contributed by atoms with E-state index in [1.165, 1.54) is 0 Å². The molecule has 1 unspecified atom stereocenters. The van der Waals surface area contributed by atoms with Gasteiger partial charge in [-0.25, -0.2) is 4.79 Å². The molecule has 0 bridgehead atoms. The highest BCUT2D eigenvalue weighted by Crippen LogP contribution is 2.05. The van der Waals surface area contributed by atoms with Crippen molar-refractivity contribution in [3.63, 3.8) is 0 Å². The van der Waals surface area contributed by atoms with Gasteiger partial charge in [-0.3, -0.25) is 0 Å². The maximum absolute atomic E-state index is 10.7. The van der Waals surface area contributed by atoms with Crippen molar-refractivity contribution in [3.8, 4) is 0 Å². The molecule has 0 spiro atoms. The third-order valence-electron chi connectivity index (χ3n) is 2.02. The van der Waals surface area contributed by atoms with Crippen molar-refractivity contribution in [1.82, 2.24) is 5.32 Å². The fraction of sp³-hybridized carbons (Fsp3) is 0.889. The maximum Gasteiger partial charge on any atom is 0.323 e. The molecule has 0 saturated carbocycles. The predicted octanol–water partition coefficient (Wildman–Crippen LogP) is 0.727. The lowest BCUT2D eigenvalue weighted by Crippen LogP contribution is -2.41. The molecule has 1 atom stereocenters.